The van der Waals surface area contributed by atoms with Crippen LogP contribution in [-0.4, -0.2) is 45.9 Å². The third kappa shape index (κ3) is 4.23. The van der Waals surface area contributed by atoms with Crippen LogP contribution in [0.15, 0.2) is 24.5 Å². The number of hydrogen-bond donors (Lipinski definition) is 1. The predicted molar refractivity (Wildman–Crippen MR) is 90.8 cm³/mol. The number of piperidine rings is 1. The molecule has 1 atom stereocenters. The van der Waals surface area contributed by atoms with Gasteiger partial charge in [0.05, 0.1) is 6.04 Å². The molecule has 3 heterocycles. The Morgan fingerprint density at radius 2 is 2.18 bits per heavy atom. The topological polar surface area (TPSA) is 45.2 Å². The summed E-state index contributed by atoms with van der Waals surface area (Å²) in [5, 5.41) is 3.29. The lowest BCUT2D eigenvalue weighted by Crippen LogP contribution is -2.51. The van der Waals surface area contributed by atoms with Crippen LogP contribution in [0.4, 0.5) is 0 Å². The molecule has 1 N–H and O–H groups in total. The maximum absolute atomic E-state index is 12.7. The molecule has 0 radical (unpaired) electrons. The molecule has 1 aromatic heterocycles. The van der Waals surface area contributed by atoms with E-state index in [0.717, 1.165) is 38.8 Å². The normalized spacial score (nSPS) is 24.1. The van der Waals surface area contributed by atoms with E-state index >= 15 is 0 Å². The van der Waals surface area contributed by atoms with Crippen molar-refractivity contribution in [3.8, 4) is 0 Å². The predicted octanol–water partition coefficient (Wildman–Crippen LogP) is 2.45. The van der Waals surface area contributed by atoms with Crippen molar-refractivity contribution >= 4 is 17.7 Å². The van der Waals surface area contributed by atoms with Crippen molar-refractivity contribution in [1.29, 1.82) is 0 Å². The van der Waals surface area contributed by atoms with Gasteiger partial charge in [0.2, 0.25) is 5.91 Å². The highest BCUT2D eigenvalue weighted by Crippen LogP contribution is 2.21. The second-order valence-corrected chi connectivity index (χ2v) is 7.46. The summed E-state index contributed by atoms with van der Waals surface area (Å²) >= 11 is 1.99. The second-order valence-electron chi connectivity index (χ2n) is 6.24. The molecule has 0 saturated carbocycles. The standard InChI is InChI=1S/C17H25N3OS/c21-17(19-15-6-10-22-11-7-15)16-5-1-2-9-20(16)13-14-4-3-8-18-12-14/h3-4,8,12,15-16H,1-2,5-7,9-11,13H2,(H,19,21). The maximum Gasteiger partial charge on any atom is 0.237 e. The smallest absolute Gasteiger partial charge is 0.237 e. The Hall–Kier alpha value is -1.07. The van der Waals surface area contributed by atoms with Crippen LogP contribution in [-0.2, 0) is 11.3 Å². The van der Waals surface area contributed by atoms with Gasteiger partial charge in [-0.15, -0.1) is 0 Å². The molecule has 2 aliphatic heterocycles. The molecule has 2 aliphatic rings. The fourth-order valence-corrected chi connectivity index (χ4v) is 4.45. The summed E-state index contributed by atoms with van der Waals surface area (Å²) in [5.41, 5.74) is 1.19. The average molecular weight is 319 g/mol. The molecule has 120 valence electrons. The van der Waals surface area contributed by atoms with E-state index in [1.807, 2.05) is 24.0 Å². The van der Waals surface area contributed by atoms with Gasteiger partial charge in [-0.1, -0.05) is 12.5 Å². The van der Waals surface area contributed by atoms with Crippen molar-refractivity contribution in [1.82, 2.24) is 15.2 Å². The lowest BCUT2D eigenvalue weighted by atomic mass is 10.00. The number of pyridine rings is 1. The summed E-state index contributed by atoms with van der Waals surface area (Å²) in [6.07, 6.45) is 9.25. The van der Waals surface area contributed by atoms with Gasteiger partial charge in [0, 0.05) is 25.0 Å². The number of amides is 1. The first kappa shape index (κ1) is 15.8. The summed E-state index contributed by atoms with van der Waals surface area (Å²) in [5.74, 6) is 2.59. The van der Waals surface area contributed by atoms with E-state index in [-0.39, 0.29) is 11.9 Å². The van der Waals surface area contributed by atoms with Gasteiger partial charge < -0.3 is 5.32 Å². The van der Waals surface area contributed by atoms with Crippen LogP contribution in [0, 0.1) is 0 Å². The lowest BCUT2D eigenvalue weighted by Gasteiger charge is -2.36. The third-order valence-corrected chi connectivity index (χ3v) is 5.64. The summed E-state index contributed by atoms with van der Waals surface area (Å²) in [6, 6.07) is 4.47. The third-order valence-electron chi connectivity index (χ3n) is 4.59. The number of carbonyl (C=O) groups excluding carboxylic acids is 1. The van der Waals surface area contributed by atoms with Gasteiger partial charge in [0.1, 0.15) is 0 Å². The molecule has 22 heavy (non-hydrogen) atoms. The number of carbonyl (C=O) groups is 1. The average Bonchev–Trinajstić information content (AvgIpc) is 2.57. The lowest BCUT2D eigenvalue weighted by molar-refractivity contribution is -0.128. The SMILES string of the molecule is O=C(NC1CCSCC1)C1CCCCN1Cc1cccnc1. The minimum absolute atomic E-state index is 0.0311. The highest BCUT2D eigenvalue weighted by molar-refractivity contribution is 7.99. The molecule has 1 unspecified atom stereocenters. The highest BCUT2D eigenvalue weighted by atomic mass is 32.2. The Labute approximate surface area is 137 Å². The molecule has 0 aliphatic carbocycles. The molecule has 1 amide bonds. The zero-order valence-electron chi connectivity index (χ0n) is 13.0. The van der Waals surface area contributed by atoms with Crippen LogP contribution in [0.25, 0.3) is 0 Å². The summed E-state index contributed by atoms with van der Waals surface area (Å²) in [4.78, 5) is 19.2. The minimum atomic E-state index is 0.0311. The van der Waals surface area contributed by atoms with E-state index in [4.69, 9.17) is 0 Å². The molecule has 0 aromatic carbocycles. The van der Waals surface area contributed by atoms with Gasteiger partial charge in [-0.2, -0.15) is 11.8 Å². The summed E-state index contributed by atoms with van der Waals surface area (Å²) in [7, 11) is 0. The monoisotopic (exact) mass is 319 g/mol. The van der Waals surface area contributed by atoms with Crippen molar-refractivity contribution in [3.63, 3.8) is 0 Å². The van der Waals surface area contributed by atoms with Gasteiger partial charge in [-0.05, 0) is 55.4 Å². The van der Waals surface area contributed by atoms with Crippen molar-refractivity contribution < 1.29 is 4.79 Å². The van der Waals surface area contributed by atoms with Crippen LogP contribution >= 0.6 is 11.8 Å². The first-order valence-electron chi connectivity index (χ1n) is 8.34. The summed E-state index contributed by atoms with van der Waals surface area (Å²) < 4.78 is 0. The van der Waals surface area contributed by atoms with Crippen LogP contribution in [0.5, 0.6) is 0 Å². The van der Waals surface area contributed by atoms with Crippen LogP contribution in [0.3, 0.4) is 0 Å². The molecule has 5 heteroatoms. The van der Waals surface area contributed by atoms with E-state index in [1.54, 1.807) is 6.20 Å². The highest BCUT2D eigenvalue weighted by Gasteiger charge is 2.30. The van der Waals surface area contributed by atoms with Gasteiger partial charge >= 0.3 is 0 Å². The molecular formula is C17H25N3OS. The van der Waals surface area contributed by atoms with Gasteiger partial charge in [-0.3, -0.25) is 14.7 Å². The number of nitrogens with zero attached hydrogens (tertiary/aromatic N) is 2. The molecule has 2 saturated heterocycles. The molecule has 0 spiro atoms. The largest absolute Gasteiger partial charge is 0.352 e. The maximum atomic E-state index is 12.7. The number of rotatable bonds is 4. The minimum Gasteiger partial charge on any atom is -0.352 e. The number of likely N-dealkylation sites (tertiary alicyclic amines) is 1. The molecule has 1 aromatic rings. The van der Waals surface area contributed by atoms with Gasteiger partial charge in [-0.25, -0.2) is 0 Å². The Bertz CT molecular complexity index is 476. The Balaban J connectivity index is 1.60. The zero-order valence-corrected chi connectivity index (χ0v) is 13.9. The van der Waals surface area contributed by atoms with Crippen molar-refractivity contribution in [2.75, 3.05) is 18.1 Å². The van der Waals surface area contributed by atoms with Crippen LogP contribution < -0.4 is 5.32 Å². The van der Waals surface area contributed by atoms with E-state index in [2.05, 4.69) is 21.3 Å². The number of thioether (sulfide) groups is 1. The molecule has 3 rings (SSSR count). The van der Waals surface area contributed by atoms with Crippen LogP contribution in [0.1, 0.15) is 37.7 Å². The number of aromatic nitrogens is 1. The fourth-order valence-electron chi connectivity index (χ4n) is 3.34. The summed E-state index contributed by atoms with van der Waals surface area (Å²) in [6.45, 7) is 1.83. The van der Waals surface area contributed by atoms with Crippen molar-refractivity contribution in [3.05, 3.63) is 30.1 Å². The molecular weight excluding hydrogens is 294 g/mol. The van der Waals surface area contributed by atoms with E-state index in [9.17, 15) is 4.79 Å². The van der Waals surface area contributed by atoms with E-state index in [1.165, 1.54) is 23.5 Å². The van der Waals surface area contributed by atoms with E-state index < -0.39 is 0 Å². The van der Waals surface area contributed by atoms with Gasteiger partial charge in [0.25, 0.3) is 0 Å². The second kappa shape index (κ2) is 7.97. The first-order valence-corrected chi connectivity index (χ1v) is 9.49. The van der Waals surface area contributed by atoms with Crippen molar-refractivity contribution in [2.45, 2.75) is 50.7 Å². The van der Waals surface area contributed by atoms with Crippen molar-refractivity contribution in [2.24, 2.45) is 0 Å². The number of nitrogens with one attached hydrogen (secondary N) is 1. The Morgan fingerprint density at radius 3 is 2.95 bits per heavy atom. The molecule has 4 nitrogen and oxygen atoms in total. The molecule has 2 fully saturated rings. The zero-order chi connectivity index (χ0) is 15.2. The number of hydrogen-bond acceptors (Lipinski definition) is 4. The van der Waals surface area contributed by atoms with Gasteiger partial charge in [0.15, 0.2) is 0 Å². The fraction of sp³-hybridized carbons (Fsp3) is 0.647. The van der Waals surface area contributed by atoms with Crippen LogP contribution in [0.2, 0.25) is 0 Å². The first-order chi connectivity index (χ1) is 10.8. The molecule has 0 bridgehead atoms. The Morgan fingerprint density at radius 1 is 1.32 bits per heavy atom. The van der Waals surface area contributed by atoms with E-state index in [0.29, 0.717) is 6.04 Å². The quantitative estimate of drug-likeness (QED) is 0.926. The Kier molecular flexibility index (Phi) is 5.73.